The van der Waals surface area contributed by atoms with Crippen molar-refractivity contribution in [2.45, 2.75) is 251 Å². The van der Waals surface area contributed by atoms with E-state index in [1.165, 1.54) is 128 Å². The first-order chi connectivity index (χ1) is 31.6. The highest BCUT2D eigenvalue weighted by atomic mass is 16.6. The van der Waals surface area contributed by atoms with E-state index in [1.807, 2.05) is 0 Å². The molecule has 0 bridgehead atoms. The molecule has 0 heterocycles. The molecule has 0 aliphatic heterocycles. The van der Waals surface area contributed by atoms with Crippen molar-refractivity contribution >= 4 is 11.9 Å². The van der Waals surface area contributed by atoms with E-state index in [1.54, 1.807) is 0 Å². The third kappa shape index (κ3) is 51.5. The first kappa shape index (κ1) is 60.8. The molecule has 0 amide bonds. The van der Waals surface area contributed by atoms with Crippen molar-refractivity contribution < 1.29 is 24.2 Å². The van der Waals surface area contributed by atoms with E-state index in [0.29, 0.717) is 12.8 Å². The van der Waals surface area contributed by atoms with Crippen LogP contribution in [-0.4, -0.2) is 36.4 Å². The number of hydrogen-bond acceptors (Lipinski definition) is 5. The van der Waals surface area contributed by atoms with E-state index < -0.39 is 6.10 Å². The lowest BCUT2D eigenvalue weighted by molar-refractivity contribution is -0.161. The summed E-state index contributed by atoms with van der Waals surface area (Å²) in [4.78, 5) is 24.5. The highest BCUT2D eigenvalue weighted by Gasteiger charge is 2.16. The SMILES string of the molecule is CC/C=C\C/C=C\C/C=C\C/C=C\C/C=C\C/C=C\CCCCCCCCC(=O)OC(CO)COC(=O)CCCCCCCCCCCCCCC/C=C\C/C=C\CCCCCCC. The van der Waals surface area contributed by atoms with Gasteiger partial charge in [0.05, 0.1) is 6.61 Å². The van der Waals surface area contributed by atoms with Gasteiger partial charge in [-0.2, -0.15) is 0 Å². The second-order valence-electron chi connectivity index (χ2n) is 17.6. The molecule has 0 aromatic heterocycles. The van der Waals surface area contributed by atoms with E-state index in [0.717, 1.165) is 89.9 Å². The van der Waals surface area contributed by atoms with Crippen LogP contribution in [0, 0.1) is 0 Å². The molecule has 366 valence electrons. The molecular weight excluding hydrogens is 789 g/mol. The average Bonchev–Trinajstić information content (AvgIpc) is 3.30. The van der Waals surface area contributed by atoms with Gasteiger partial charge in [0.1, 0.15) is 6.61 Å². The maximum atomic E-state index is 12.3. The van der Waals surface area contributed by atoms with Gasteiger partial charge in [-0.15, -0.1) is 0 Å². The van der Waals surface area contributed by atoms with Crippen LogP contribution in [0.4, 0.5) is 0 Å². The smallest absolute Gasteiger partial charge is 0.306 e. The predicted molar refractivity (Wildman–Crippen MR) is 279 cm³/mol. The summed E-state index contributed by atoms with van der Waals surface area (Å²) in [6.07, 6.45) is 76.4. The zero-order valence-electron chi connectivity index (χ0n) is 41.8. The summed E-state index contributed by atoms with van der Waals surface area (Å²) in [7, 11) is 0. The summed E-state index contributed by atoms with van der Waals surface area (Å²) in [5.74, 6) is -0.609. The van der Waals surface area contributed by atoms with E-state index >= 15 is 0 Å². The minimum Gasteiger partial charge on any atom is -0.462 e. The van der Waals surface area contributed by atoms with Crippen LogP contribution in [-0.2, 0) is 19.1 Å². The van der Waals surface area contributed by atoms with Crippen molar-refractivity contribution in [3.05, 3.63) is 97.2 Å². The van der Waals surface area contributed by atoms with Gasteiger partial charge in [-0.05, 0) is 96.3 Å². The molecule has 1 atom stereocenters. The molecule has 64 heavy (non-hydrogen) atoms. The summed E-state index contributed by atoms with van der Waals surface area (Å²) in [6, 6.07) is 0. The van der Waals surface area contributed by atoms with Gasteiger partial charge in [-0.3, -0.25) is 9.59 Å². The highest BCUT2D eigenvalue weighted by Crippen LogP contribution is 2.15. The molecular formula is C59H100O5. The normalized spacial score (nSPS) is 13.0. The molecule has 5 nitrogen and oxygen atoms in total. The highest BCUT2D eigenvalue weighted by molar-refractivity contribution is 5.70. The van der Waals surface area contributed by atoms with Gasteiger partial charge >= 0.3 is 11.9 Å². The molecule has 5 heteroatoms. The topological polar surface area (TPSA) is 72.8 Å². The summed E-state index contributed by atoms with van der Waals surface area (Å²) in [5.41, 5.74) is 0. The van der Waals surface area contributed by atoms with Crippen LogP contribution in [0.25, 0.3) is 0 Å². The Morgan fingerprint density at radius 1 is 0.375 bits per heavy atom. The Morgan fingerprint density at radius 2 is 0.672 bits per heavy atom. The molecule has 0 aliphatic rings. The summed E-state index contributed by atoms with van der Waals surface area (Å²) >= 11 is 0. The van der Waals surface area contributed by atoms with Gasteiger partial charge < -0.3 is 14.6 Å². The minimum atomic E-state index is -0.787. The second-order valence-corrected chi connectivity index (χ2v) is 17.6. The molecule has 0 aromatic rings. The number of carbonyl (C=O) groups is 2. The maximum Gasteiger partial charge on any atom is 0.306 e. The number of rotatable bonds is 48. The largest absolute Gasteiger partial charge is 0.462 e. The standard InChI is InChI=1S/C59H100O5/c1-3-5-7-9-11-13-15-17-19-21-23-25-27-29-31-33-35-37-39-41-43-45-47-49-51-53-58(61)63-56-57(55-60)64-59(62)54-52-50-48-46-44-42-40-38-36-34-32-30-28-26-24-22-20-18-16-14-12-10-8-6-4-2/h6,8,12,14-15,17-18,20-21,23-24,26,30,32,36,38,57,60H,3-5,7,9-11,13,16,19,22,25,27-29,31,33-35,37,39-56H2,1-2H3/b8-6-,14-12-,17-15-,20-18-,23-21-,26-24-,32-30-,38-36-. The van der Waals surface area contributed by atoms with Gasteiger partial charge in [-0.1, -0.05) is 233 Å². The van der Waals surface area contributed by atoms with Crippen LogP contribution in [0.5, 0.6) is 0 Å². The molecule has 0 fully saturated rings. The van der Waals surface area contributed by atoms with Gasteiger partial charge in [0, 0.05) is 12.8 Å². The first-order valence-corrected chi connectivity index (χ1v) is 26.8. The Kier molecular flexibility index (Phi) is 51.5. The predicted octanol–water partition coefficient (Wildman–Crippen LogP) is 18.0. The van der Waals surface area contributed by atoms with Crippen molar-refractivity contribution in [3.8, 4) is 0 Å². The molecule has 0 aromatic carbocycles. The maximum absolute atomic E-state index is 12.3. The molecule has 0 rings (SSSR count). The van der Waals surface area contributed by atoms with Gasteiger partial charge in [-0.25, -0.2) is 0 Å². The molecule has 0 saturated carbocycles. The van der Waals surface area contributed by atoms with Crippen molar-refractivity contribution in [1.82, 2.24) is 0 Å². The van der Waals surface area contributed by atoms with Crippen LogP contribution in [0.2, 0.25) is 0 Å². The summed E-state index contributed by atoms with van der Waals surface area (Å²) < 4.78 is 10.7. The van der Waals surface area contributed by atoms with Crippen LogP contribution in [0.3, 0.4) is 0 Å². The first-order valence-electron chi connectivity index (χ1n) is 26.8. The van der Waals surface area contributed by atoms with E-state index in [9.17, 15) is 14.7 Å². The van der Waals surface area contributed by atoms with Gasteiger partial charge in [0.2, 0.25) is 0 Å². The third-order valence-corrected chi connectivity index (χ3v) is 11.4. The van der Waals surface area contributed by atoms with Crippen molar-refractivity contribution in [2.24, 2.45) is 0 Å². The number of aliphatic hydroxyl groups excluding tert-OH is 1. The second kappa shape index (κ2) is 54.2. The molecule has 1 N–H and O–H groups in total. The number of unbranched alkanes of at least 4 members (excludes halogenated alkanes) is 24. The Bertz CT molecular complexity index is 1230. The number of carbonyl (C=O) groups excluding carboxylic acids is 2. The van der Waals surface area contributed by atoms with E-state index in [4.69, 9.17) is 9.47 Å². The lowest BCUT2D eigenvalue weighted by Crippen LogP contribution is -2.28. The molecule has 0 aliphatic carbocycles. The fraction of sp³-hybridized carbons (Fsp3) is 0.695. The Balaban J connectivity index is 3.56. The zero-order valence-corrected chi connectivity index (χ0v) is 41.8. The number of allylic oxidation sites excluding steroid dienone is 16. The average molecular weight is 889 g/mol. The lowest BCUT2D eigenvalue weighted by Gasteiger charge is -2.15. The summed E-state index contributed by atoms with van der Waals surface area (Å²) in [6.45, 7) is 4.01. The number of esters is 2. The quantitative estimate of drug-likeness (QED) is 0.0374. The van der Waals surface area contributed by atoms with Crippen LogP contribution >= 0.6 is 0 Å². The third-order valence-electron chi connectivity index (χ3n) is 11.4. The van der Waals surface area contributed by atoms with Crippen LogP contribution < -0.4 is 0 Å². The minimum absolute atomic E-state index is 0.0768. The Morgan fingerprint density at radius 3 is 1.02 bits per heavy atom. The lowest BCUT2D eigenvalue weighted by atomic mass is 10.0. The van der Waals surface area contributed by atoms with E-state index in [2.05, 4.69) is 111 Å². The molecule has 0 saturated heterocycles. The van der Waals surface area contributed by atoms with Gasteiger partial charge in [0.25, 0.3) is 0 Å². The summed E-state index contributed by atoms with van der Waals surface area (Å²) in [5, 5.41) is 9.64. The Labute approximate surface area is 396 Å². The van der Waals surface area contributed by atoms with Crippen molar-refractivity contribution in [1.29, 1.82) is 0 Å². The monoisotopic (exact) mass is 889 g/mol. The number of ether oxygens (including phenoxy) is 2. The van der Waals surface area contributed by atoms with Crippen LogP contribution in [0.1, 0.15) is 245 Å². The number of aliphatic hydroxyl groups is 1. The molecule has 0 radical (unpaired) electrons. The Hall–Kier alpha value is -3.18. The van der Waals surface area contributed by atoms with Crippen molar-refractivity contribution in [2.75, 3.05) is 13.2 Å². The molecule has 0 spiro atoms. The number of hydrogen-bond donors (Lipinski definition) is 1. The van der Waals surface area contributed by atoms with Crippen molar-refractivity contribution in [3.63, 3.8) is 0 Å². The van der Waals surface area contributed by atoms with Gasteiger partial charge in [0.15, 0.2) is 6.10 Å². The van der Waals surface area contributed by atoms with E-state index in [-0.39, 0.29) is 25.2 Å². The zero-order chi connectivity index (χ0) is 46.3. The van der Waals surface area contributed by atoms with Crippen LogP contribution in [0.15, 0.2) is 97.2 Å². The fourth-order valence-corrected chi connectivity index (χ4v) is 7.35. The fourth-order valence-electron chi connectivity index (χ4n) is 7.35. The molecule has 1 unspecified atom stereocenters.